The van der Waals surface area contributed by atoms with Gasteiger partial charge in [0, 0.05) is 12.7 Å². The molecule has 1 N–H and O–H groups in total. The van der Waals surface area contributed by atoms with E-state index in [1.807, 2.05) is 48.3 Å². The first-order valence-electron chi connectivity index (χ1n) is 9.21. The normalized spacial score (nSPS) is 19.5. The van der Waals surface area contributed by atoms with Gasteiger partial charge in [-0.1, -0.05) is 76.7 Å². The predicted molar refractivity (Wildman–Crippen MR) is 123 cm³/mol. The average molecular weight is 485 g/mol. The molecule has 3 aromatic rings. The lowest BCUT2D eigenvalue weighted by molar-refractivity contribution is 0.275. The molecule has 3 aromatic carbocycles. The van der Waals surface area contributed by atoms with Crippen LogP contribution in [0.4, 0.5) is 10.1 Å². The molecule has 0 amide bonds. The van der Waals surface area contributed by atoms with Crippen LogP contribution in [0.25, 0.3) is 0 Å². The Hall–Kier alpha value is -1.53. The lowest BCUT2D eigenvalue weighted by atomic mass is 10.0. The molecule has 0 aliphatic carbocycles. The number of rotatable bonds is 4. The molecule has 0 spiro atoms. The molecule has 1 aliphatic rings. The molecule has 1 saturated heterocycles. The first-order chi connectivity index (χ1) is 14.3. The van der Waals surface area contributed by atoms with Gasteiger partial charge in [0.1, 0.15) is 5.82 Å². The van der Waals surface area contributed by atoms with Crippen molar-refractivity contribution in [3.63, 3.8) is 0 Å². The number of nitrogens with one attached hydrogen (secondary N) is 1. The minimum Gasteiger partial charge on any atom is -0.321 e. The zero-order valence-corrected chi connectivity index (χ0v) is 19.0. The second-order valence-electron chi connectivity index (χ2n) is 7.15. The van der Waals surface area contributed by atoms with Crippen LogP contribution >= 0.6 is 46.4 Å². The van der Waals surface area contributed by atoms with Gasteiger partial charge in [0.05, 0.1) is 27.3 Å². The van der Waals surface area contributed by atoms with Crippen molar-refractivity contribution in [2.45, 2.75) is 11.5 Å². The molecular weight excluding hydrogens is 467 g/mol. The van der Waals surface area contributed by atoms with E-state index in [9.17, 15) is 4.39 Å². The second kappa shape index (κ2) is 8.54. The fourth-order valence-electron chi connectivity index (χ4n) is 3.70. The van der Waals surface area contributed by atoms with E-state index in [4.69, 9.17) is 46.4 Å². The van der Waals surface area contributed by atoms with Gasteiger partial charge in [-0.25, -0.2) is 14.8 Å². The lowest BCUT2D eigenvalue weighted by Gasteiger charge is -2.35. The van der Waals surface area contributed by atoms with Gasteiger partial charge in [-0.05, 0) is 47.9 Å². The van der Waals surface area contributed by atoms with Gasteiger partial charge in [-0.3, -0.25) is 0 Å². The molecule has 1 heterocycles. The molecule has 4 rings (SSSR count). The SMILES string of the molecule is CN1CN(c2ccccc2Cc2ccc(Cl)c(Cl)c2)C(Cl)(c2c(F)cccc2Cl)N1. The maximum Gasteiger partial charge on any atom is 0.213 e. The monoisotopic (exact) mass is 483 g/mol. The number of hydrogen-bond donors (Lipinski definition) is 1. The highest BCUT2D eigenvalue weighted by Gasteiger charge is 2.47. The van der Waals surface area contributed by atoms with E-state index in [2.05, 4.69) is 5.43 Å². The Morgan fingerprint density at radius 3 is 2.47 bits per heavy atom. The number of halogens is 5. The van der Waals surface area contributed by atoms with Crippen molar-refractivity contribution < 1.29 is 4.39 Å². The molecule has 1 fully saturated rings. The van der Waals surface area contributed by atoms with Gasteiger partial charge >= 0.3 is 0 Å². The highest BCUT2D eigenvalue weighted by molar-refractivity contribution is 6.42. The van der Waals surface area contributed by atoms with Crippen LogP contribution < -0.4 is 10.3 Å². The Balaban J connectivity index is 1.78. The van der Waals surface area contributed by atoms with Crippen molar-refractivity contribution in [2.75, 3.05) is 18.6 Å². The van der Waals surface area contributed by atoms with Gasteiger partial charge in [0.2, 0.25) is 5.12 Å². The van der Waals surface area contributed by atoms with Crippen LogP contribution in [0.2, 0.25) is 15.1 Å². The summed E-state index contributed by atoms with van der Waals surface area (Å²) < 4.78 is 14.8. The van der Waals surface area contributed by atoms with E-state index in [-0.39, 0.29) is 10.6 Å². The van der Waals surface area contributed by atoms with Crippen molar-refractivity contribution in [2.24, 2.45) is 0 Å². The topological polar surface area (TPSA) is 18.5 Å². The zero-order valence-electron chi connectivity index (χ0n) is 16.0. The summed E-state index contributed by atoms with van der Waals surface area (Å²) in [7, 11) is 1.84. The highest BCUT2D eigenvalue weighted by atomic mass is 35.5. The van der Waals surface area contributed by atoms with Gasteiger partial charge in [0.15, 0.2) is 0 Å². The first-order valence-corrected chi connectivity index (χ1v) is 10.7. The number of hydrazine groups is 1. The van der Waals surface area contributed by atoms with Crippen LogP contribution in [0.3, 0.4) is 0 Å². The Kier molecular flexibility index (Phi) is 6.18. The number of hydrogen-bond acceptors (Lipinski definition) is 3. The molecule has 0 aromatic heterocycles. The molecule has 8 heteroatoms. The zero-order chi connectivity index (χ0) is 21.5. The van der Waals surface area contributed by atoms with Crippen LogP contribution in [0.1, 0.15) is 16.7 Å². The molecule has 30 heavy (non-hydrogen) atoms. The fraction of sp³-hybridized carbons (Fsp3) is 0.182. The van der Waals surface area contributed by atoms with Crippen LogP contribution in [0.15, 0.2) is 60.7 Å². The smallest absolute Gasteiger partial charge is 0.213 e. The number of anilines is 1. The minimum atomic E-state index is -1.38. The standard InChI is InChI=1S/C22H18Cl4FN3/c1-29-13-30(22(26,28-29)21-17(24)6-4-7-19(21)27)20-8-3-2-5-15(20)11-14-9-10-16(23)18(25)12-14/h2-10,12,28H,11,13H2,1H3. The van der Waals surface area contributed by atoms with Crippen molar-refractivity contribution in [3.05, 3.63) is 98.2 Å². The fourth-order valence-corrected chi connectivity index (χ4v) is 4.85. The van der Waals surface area contributed by atoms with Crippen LogP contribution in [0.5, 0.6) is 0 Å². The predicted octanol–water partition coefficient (Wildman–Crippen LogP) is 6.64. The summed E-state index contributed by atoms with van der Waals surface area (Å²) in [5.41, 5.74) is 6.19. The van der Waals surface area contributed by atoms with Crippen molar-refractivity contribution in [3.8, 4) is 0 Å². The molecule has 1 atom stereocenters. The molecular formula is C22H18Cl4FN3. The quantitative estimate of drug-likeness (QED) is 0.330. The number of nitrogens with zero attached hydrogens (tertiary/aromatic N) is 2. The second-order valence-corrected chi connectivity index (χ2v) is 8.92. The maximum absolute atomic E-state index is 14.8. The van der Waals surface area contributed by atoms with Crippen LogP contribution in [-0.2, 0) is 11.5 Å². The summed E-state index contributed by atoms with van der Waals surface area (Å²) in [4.78, 5) is 1.89. The molecule has 0 radical (unpaired) electrons. The maximum atomic E-state index is 14.8. The van der Waals surface area contributed by atoms with E-state index in [0.29, 0.717) is 23.1 Å². The molecule has 1 aliphatic heterocycles. The molecule has 3 nitrogen and oxygen atoms in total. The third kappa shape index (κ3) is 4.01. The van der Waals surface area contributed by atoms with Crippen LogP contribution in [0, 0.1) is 5.82 Å². The van der Waals surface area contributed by atoms with E-state index in [0.717, 1.165) is 16.8 Å². The summed E-state index contributed by atoms with van der Waals surface area (Å²) in [6.07, 6.45) is 0.602. The minimum absolute atomic E-state index is 0.182. The van der Waals surface area contributed by atoms with E-state index < -0.39 is 10.9 Å². The Morgan fingerprint density at radius 2 is 1.73 bits per heavy atom. The van der Waals surface area contributed by atoms with Gasteiger partial charge in [-0.2, -0.15) is 0 Å². The first kappa shape index (κ1) is 21.7. The molecule has 1 unspecified atom stereocenters. The van der Waals surface area contributed by atoms with Crippen molar-refractivity contribution in [1.82, 2.24) is 10.4 Å². The summed E-state index contributed by atoms with van der Waals surface area (Å²) in [6.45, 7) is 0.423. The summed E-state index contributed by atoms with van der Waals surface area (Å²) in [5, 5.41) is 1.67. The largest absolute Gasteiger partial charge is 0.321 e. The van der Waals surface area contributed by atoms with Crippen LogP contribution in [-0.4, -0.2) is 18.7 Å². The van der Waals surface area contributed by atoms with Gasteiger partial charge in [-0.15, -0.1) is 0 Å². The molecule has 156 valence electrons. The highest BCUT2D eigenvalue weighted by Crippen LogP contribution is 2.43. The lowest BCUT2D eigenvalue weighted by Crippen LogP contribution is -2.46. The number of para-hydroxylation sites is 1. The Bertz CT molecular complexity index is 1070. The van der Waals surface area contributed by atoms with E-state index in [1.165, 1.54) is 6.07 Å². The number of benzene rings is 3. The Morgan fingerprint density at radius 1 is 0.967 bits per heavy atom. The number of alkyl halides is 1. The van der Waals surface area contributed by atoms with Crippen molar-refractivity contribution in [1.29, 1.82) is 0 Å². The van der Waals surface area contributed by atoms with Gasteiger partial charge in [0.25, 0.3) is 0 Å². The van der Waals surface area contributed by atoms with Gasteiger partial charge < -0.3 is 4.90 Å². The Labute approximate surface area is 194 Å². The third-order valence-corrected chi connectivity index (χ3v) is 6.55. The summed E-state index contributed by atoms with van der Waals surface area (Å²) >= 11 is 25.6. The third-order valence-electron chi connectivity index (χ3n) is 5.02. The summed E-state index contributed by atoms with van der Waals surface area (Å²) in [5.74, 6) is -0.479. The average Bonchev–Trinajstić information content (AvgIpc) is 2.99. The van der Waals surface area contributed by atoms with E-state index in [1.54, 1.807) is 23.2 Å². The molecule has 0 bridgehead atoms. The summed E-state index contributed by atoms with van der Waals surface area (Å²) in [6, 6.07) is 17.9. The van der Waals surface area contributed by atoms with E-state index >= 15 is 0 Å². The molecule has 0 saturated carbocycles. The van der Waals surface area contributed by atoms with Crippen molar-refractivity contribution >= 4 is 52.1 Å².